The van der Waals surface area contributed by atoms with Gasteiger partial charge in [-0.1, -0.05) is 31.5 Å². The molecule has 0 aliphatic heterocycles. The van der Waals surface area contributed by atoms with Crippen molar-refractivity contribution in [1.82, 2.24) is 9.88 Å². The minimum Gasteiger partial charge on any atom is -0.352 e. The third-order valence-corrected chi connectivity index (χ3v) is 6.78. The predicted octanol–water partition coefficient (Wildman–Crippen LogP) is 7.36. The summed E-state index contributed by atoms with van der Waals surface area (Å²) in [6.07, 6.45) is -7.37. The van der Waals surface area contributed by atoms with Crippen LogP contribution in [0, 0.1) is 5.92 Å². The molecule has 0 aliphatic rings. The fourth-order valence-electron chi connectivity index (χ4n) is 4.26. The summed E-state index contributed by atoms with van der Waals surface area (Å²) in [5.41, 5.74) is 0.336. The number of rotatable bonds is 9. The standard InChI is InChI=1S/C30H26ClF5N4O3/c1-16(2)27(41)37-14-17-3-9-23(31)22(11-17)28(42)39-21-8-10-24-18(12-21)13-25(40(24)15-26(32)33)29(43)38-20-6-4-19(5-7-20)30(34,35)36/h3-13,16,26H,14-15H2,1-2H3,(H,37,41)(H,38,43)(H,39,42). The second-order valence-corrected chi connectivity index (χ2v) is 10.4. The largest absolute Gasteiger partial charge is 0.416 e. The van der Waals surface area contributed by atoms with Crippen molar-refractivity contribution in [2.45, 2.75) is 39.5 Å². The highest BCUT2D eigenvalue weighted by Crippen LogP contribution is 2.30. The second-order valence-electron chi connectivity index (χ2n) is 9.97. The summed E-state index contributed by atoms with van der Waals surface area (Å²) in [7, 11) is 0. The van der Waals surface area contributed by atoms with Gasteiger partial charge in [0.25, 0.3) is 18.2 Å². The van der Waals surface area contributed by atoms with Crippen molar-refractivity contribution in [1.29, 1.82) is 0 Å². The van der Waals surface area contributed by atoms with Gasteiger partial charge in [0.1, 0.15) is 5.69 Å². The van der Waals surface area contributed by atoms with Gasteiger partial charge < -0.3 is 20.5 Å². The number of carbonyl (C=O) groups excluding carboxylic acids is 3. The van der Waals surface area contributed by atoms with Crippen molar-refractivity contribution in [3.8, 4) is 0 Å². The quantitative estimate of drug-likeness (QED) is 0.171. The molecular formula is C30H26ClF5N4O3. The summed E-state index contributed by atoms with van der Waals surface area (Å²) < 4.78 is 66.6. The molecule has 0 saturated carbocycles. The van der Waals surface area contributed by atoms with Gasteiger partial charge in [-0.3, -0.25) is 14.4 Å². The van der Waals surface area contributed by atoms with Gasteiger partial charge in [-0.2, -0.15) is 13.2 Å². The van der Waals surface area contributed by atoms with Crippen LogP contribution in [0.5, 0.6) is 0 Å². The Morgan fingerprint density at radius 1 is 0.860 bits per heavy atom. The van der Waals surface area contributed by atoms with Crippen LogP contribution in [0.2, 0.25) is 5.02 Å². The Labute approximate surface area is 248 Å². The molecule has 0 fully saturated rings. The maximum absolute atomic E-state index is 13.4. The lowest BCUT2D eigenvalue weighted by Crippen LogP contribution is -2.27. The van der Waals surface area contributed by atoms with Crippen LogP contribution in [0.1, 0.15) is 45.8 Å². The number of nitrogens with zero attached hydrogens (tertiary/aromatic N) is 1. The molecule has 3 N–H and O–H groups in total. The molecule has 4 rings (SSSR count). The SMILES string of the molecule is CC(C)C(=O)NCc1ccc(Cl)c(C(=O)Nc2ccc3c(c2)cc(C(=O)Nc2ccc(C(F)(F)F)cc2)n3CC(F)F)c1. The summed E-state index contributed by atoms with van der Waals surface area (Å²) in [5.74, 6) is -1.73. The van der Waals surface area contributed by atoms with E-state index in [9.17, 15) is 36.3 Å². The van der Waals surface area contributed by atoms with E-state index in [1.165, 1.54) is 30.3 Å². The molecule has 0 atom stereocenters. The molecule has 1 aromatic heterocycles. The van der Waals surface area contributed by atoms with E-state index < -0.39 is 36.5 Å². The first-order chi connectivity index (χ1) is 20.2. The number of carbonyl (C=O) groups is 3. The van der Waals surface area contributed by atoms with Crippen LogP contribution >= 0.6 is 11.6 Å². The molecule has 0 saturated heterocycles. The molecule has 0 radical (unpaired) electrons. The van der Waals surface area contributed by atoms with E-state index in [4.69, 9.17) is 11.6 Å². The average Bonchev–Trinajstić information content (AvgIpc) is 3.29. The number of aromatic nitrogens is 1. The topological polar surface area (TPSA) is 92.2 Å². The highest BCUT2D eigenvalue weighted by molar-refractivity contribution is 6.34. The Morgan fingerprint density at radius 3 is 2.14 bits per heavy atom. The summed E-state index contributed by atoms with van der Waals surface area (Å²) in [4.78, 5) is 38.0. The third kappa shape index (κ3) is 7.69. The minimum atomic E-state index is -4.56. The number of benzene rings is 3. The number of halogens is 6. The first-order valence-electron chi connectivity index (χ1n) is 13.0. The van der Waals surface area contributed by atoms with Crippen molar-refractivity contribution in [2.75, 3.05) is 10.6 Å². The zero-order valence-corrected chi connectivity index (χ0v) is 23.6. The van der Waals surface area contributed by atoms with Crippen LogP contribution in [0.15, 0.2) is 66.7 Å². The fraction of sp³-hybridized carbons (Fsp3) is 0.233. The van der Waals surface area contributed by atoms with Crippen molar-refractivity contribution in [3.63, 3.8) is 0 Å². The highest BCUT2D eigenvalue weighted by atomic mass is 35.5. The molecule has 1 heterocycles. The van der Waals surface area contributed by atoms with Crippen LogP contribution < -0.4 is 16.0 Å². The maximum Gasteiger partial charge on any atom is 0.416 e. The molecule has 43 heavy (non-hydrogen) atoms. The monoisotopic (exact) mass is 620 g/mol. The van der Waals surface area contributed by atoms with E-state index in [1.54, 1.807) is 26.0 Å². The van der Waals surface area contributed by atoms with Gasteiger partial charge in [-0.05, 0) is 66.2 Å². The number of fused-ring (bicyclic) bond motifs is 1. The Morgan fingerprint density at radius 2 is 1.51 bits per heavy atom. The molecule has 0 spiro atoms. The summed E-state index contributed by atoms with van der Waals surface area (Å²) >= 11 is 6.25. The molecule has 0 bridgehead atoms. The van der Waals surface area contributed by atoms with E-state index in [0.717, 1.165) is 28.8 Å². The van der Waals surface area contributed by atoms with Crippen LogP contribution in [-0.4, -0.2) is 28.7 Å². The molecule has 0 unspecified atom stereocenters. The zero-order chi connectivity index (χ0) is 31.5. The van der Waals surface area contributed by atoms with E-state index in [-0.39, 0.29) is 51.5 Å². The number of anilines is 2. The van der Waals surface area contributed by atoms with Gasteiger partial charge in [0.05, 0.1) is 22.7 Å². The van der Waals surface area contributed by atoms with E-state index in [1.807, 2.05) is 0 Å². The molecular weight excluding hydrogens is 595 g/mol. The molecule has 7 nitrogen and oxygen atoms in total. The van der Waals surface area contributed by atoms with E-state index in [0.29, 0.717) is 10.9 Å². The van der Waals surface area contributed by atoms with E-state index >= 15 is 0 Å². The van der Waals surface area contributed by atoms with Crippen molar-refractivity contribution < 1.29 is 36.3 Å². The molecule has 226 valence electrons. The maximum atomic E-state index is 13.4. The lowest BCUT2D eigenvalue weighted by molar-refractivity contribution is -0.137. The van der Waals surface area contributed by atoms with Crippen LogP contribution in [-0.2, 0) is 24.1 Å². The number of nitrogens with one attached hydrogen (secondary N) is 3. The predicted molar refractivity (Wildman–Crippen MR) is 153 cm³/mol. The van der Waals surface area contributed by atoms with Gasteiger partial charge in [0.15, 0.2) is 0 Å². The molecule has 3 amide bonds. The first-order valence-corrected chi connectivity index (χ1v) is 13.4. The Balaban J connectivity index is 1.57. The summed E-state index contributed by atoms with van der Waals surface area (Å²) in [6.45, 7) is 2.88. The lowest BCUT2D eigenvalue weighted by Gasteiger charge is -2.12. The van der Waals surface area contributed by atoms with E-state index in [2.05, 4.69) is 16.0 Å². The number of hydrogen-bond donors (Lipinski definition) is 3. The molecule has 13 heteroatoms. The average molecular weight is 621 g/mol. The number of hydrogen-bond acceptors (Lipinski definition) is 3. The summed E-state index contributed by atoms with van der Waals surface area (Å²) in [5, 5.41) is 8.41. The van der Waals surface area contributed by atoms with Crippen molar-refractivity contribution >= 4 is 51.6 Å². The van der Waals surface area contributed by atoms with Crippen molar-refractivity contribution in [3.05, 3.63) is 94.1 Å². The number of amides is 3. The van der Waals surface area contributed by atoms with Gasteiger partial charge in [0.2, 0.25) is 5.91 Å². The highest BCUT2D eigenvalue weighted by Gasteiger charge is 2.30. The lowest BCUT2D eigenvalue weighted by atomic mass is 10.1. The van der Waals surface area contributed by atoms with Crippen LogP contribution in [0.3, 0.4) is 0 Å². The number of alkyl halides is 5. The van der Waals surface area contributed by atoms with Gasteiger partial charge in [0, 0.05) is 34.7 Å². The fourth-order valence-corrected chi connectivity index (χ4v) is 4.46. The Hall–Kier alpha value is -4.45. The zero-order valence-electron chi connectivity index (χ0n) is 22.9. The van der Waals surface area contributed by atoms with Gasteiger partial charge in [-0.25, -0.2) is 8.78 Å². The molecule has 4 aromatic rings. The first kappa shape index (κ1) is 31.5. The summed E-state index contributed by atoms with van der Waals surface area (Å²) in [6, 6.07) is 14.2. The normalized spacial score (nSPS) is 11.7. The van der Waals surface area contributed by atoms with Gasteiger partial charge in [-0.15, -0.1) is 0 Å². The molecule has 0 aliphatic carbocycles. The molecule has 3 aromatic carbocycles. The van der Waals surface area contributed by atoms with Crippen LogP contribution in [0.25, 0.3) is 10.9 Å². The second kappa shape index (κ2) is 12.8. The minimum absolute atomic E-state index is 0.0442. The van der Waals surface area contributed by atoms with Crippen LogP contribution in [0.4, 0.5) is 33.3 Å². The van der Waals surface area contributed by atoms with Gasteiger partial charge >= 0.3 is 6.18 Å². The van der Waals surface area contributed by atoms with Crippen molar-refractivity contribution in [2.24, 2.45) is 5.92 Å². The Kier molecular flexibility index (Phi) is 9.39. The third-order valence-electron chi connectivity index (χ3n) is 6.45. The smallest absolute Gasteiger partial charge is 0.352 e. The Bertz CT molecular complexity index is 1670.